The molecule has 1 atom stereocenters. The summed E-state index contributed by atoms with van der Waals surface area (Å²) in [6, 6.07) is 0.499. The molecule has 0 heterocycles. The number of esters is 1. The maximum atomic E-state index is 11.6. The van der Waals surface area contributed by atoms with E-state index in [1.165, 1.54) is 39.2 Å². The molecular formula is C14H27NO2. The molecule has 1 saturated carbocycles. The van der Waals surface area contributed by atoms with Crippen molar-refractivity contribution in [2.24, 2.45) is 11.3 Å². The highest BCUT2D eigenvalue weighted by Crippen LogP contribution is 2.27. The van der Waals surface area contributed by atoms with Crippen LogP contribution in [0, 0.1) is 11.3 Å². The number of hydrogen-bond donors (Lipinski definition) is 1. The van der Waals surface area contributed by atoms with Gasteiger partial charge < -0.3 is 10.1 Å². The van der Waals surface area contributed by atoms with Gasteiger partial charge in [0.25, 0.3) is 0 Å². The monoisotopic (exact) mass is 241 g/mol. The minimum Gasteiger partial charge on any atom is -0.469 e. The lowest BCUT2D eigenvalue weighted by molar-refractivity contribution is -0.150. The summed E-state index contributed by atoms with van der Waals surface area (Å²) in [5.41, 5.74) is -0.433. The summed E-state index contributed by atoms with van der Waals surface area (Å²) in [5.74, 6) is 0.637. The first-order chi connectivity index (χ1) is 7.97. The lowest BCUT2D eigenvalue weighted by Crippen LogP contribution is -2.43. The predicted molar refractivity (Wildman–Crippen MR) is 69.8 cm³/mol. The number of methoxy groups -OCH3 is 1. The number of nitrogens with one attached hydrogen (secondary N) is 1. The molecule has 0 bridgehead atoms. The fourth-order valence-electron chi connectivity index (χ4n) is 2.57. The lowest BCUT2D eigenvalue weighted by atomic mass is 9.84. The van der Waals surface area contributed by atoms with Gasteiger partial charge in [0.05, 0.1) is 12.5 Å². The quantitative estimate of drug-likeness (QED) is 0.752. The van der Waals surface area contributed by atoms with E-state index in [4.69, 9.17) is 4.74 Å². The number of ether oxygens (including phenoxy) is 1. The van der Waals surface area contributed by atoms with E-state index >= 15 is 0 Å². The minimum absolute atomic E-state index is 0.138. The number of hydrogen-bond acceptors (Lipinski definition) is 3. The molecule has 100 valence electrons. The molecule has 1 aliphatic carbocycles. The molecule has 0 saturated heterocycles. The first kappa shape index (κ1) is 14.5. The third-order valence-electron chi connectivity index (χ3n) is 3.96. The molecular weight excluding hydrogens is 214 g/mol. The zero-order valence-electron chi connectivity index (χ0n) is 11.7. The fourth-order valence-corrected chi connectivity index (χ4v) is 2.57. The number of carbonyl (C=O) groups is 1. The summed E-state index contributed by atoms with van der Waals surface area (Å²) < 4.78 is 4.81. The van der Waals surface area contributed by atoms with Crippen LogP contribution in [0.4, 0.5) is 0 Å². The highest BCUT2D eigenvalue weighted by atomic mass is 16.5. The molecule has 0 amide bonds. The molecule has 0 aromatic heterocycles. The van der Waals surface area contributed by atoms with Crippen molar-refractivity contribution in [3.8, 4) is 0 Å². The Bertz CT molecular complexity index is 245. The number of rotatable bonds is 5. The van der Waals surface area contributed by atoms with Crippen molar-refractivity contribution in [2.45, 2.75) is 58.9 Å². The van der Waals surface area contributed by atoms with Crippen LogP contribution in [0.1, 0.15) is 52.9 Å². The highest BCUT2D eigenvalue weighted by molar-refractivity contribution is 5.76. The van der Waals surface area contributed by atoms with Gasteiger partial charge in [0, 0.05) is 12.6 Å². The van der Waals surface area contributed by atoms with Crippen molar-refractivity contribution < 1.29 is 9.53 Å². The van der Waals surface area contributed by atoms with Gasteiger partial charge in [-0.3, -0.25) is 4.79 Å². The van der Waals surface area contributed by atoms with Crippen molar-refractivity contribution in [3.63, 3.8) is 0 Å². The van der Waals surface area contributed by atoms with Crippen molar-refractivity contribution >= 4 is 5.97 Å². The van der Waals surface area contributed by atoms with Gasteiger partial charge in [-0.25, -0.2) is 0 Å². The Labute approximate surface area is 105 Å². The molecule has 1 unspecified atom stereocenters. The summed E-state index contributed by atoms with van der Waals surface area (Å²) in [6.07, 6.45) is 6.75. The third-order valence-corrected chi connectivity index (χ3v) is 3.96. The maximum absolute atomic E-state index is 11.6. The van der Waals surface area contributed by atoms with Gasteiger partial charge in [0.1, 0.15) is 0 Å². The molecule has 17 heavy (non-hydrogen) atoms. The summed E-state index contributed by atoms with van der Waals surface area (Å²) in [6.45, 7) is 6.79. The van der Waals surface area contributed by atoms with Crippen LogP contribution in [-0.4, -0.2) is 25.7 Å². The SMILES string of the molecule is COC(=O)C(C)(C)CNC(C)C1CCCCC1. The average molecular weight is 241 g/mol. The van der Waals surface area contributed by atoms with Gasteiger partial charge in [-0.1, -0.05) is 19.3 Å². The molecule has 1 fully saturated rings. The van der Waals surface area contributed by atoms with E-state index in [2.05, 4.69) is 12.2 Å². The Kier molecular flexibility index (Phi) is 5.44. The Morgan fingerprint density at radius 1 is 1.35 bits per heavy atom. The fraction of sp³-hybridized carbons (Fsp3) is 0.929. The molecule has 0 spiro atoms. The third kappa shape index (κ3) is 4.30. The molecule has 3 heteroatoms. The molecule has 3 nitrogen and oxygen atoms in total. The first-order valence-electron chi connectivity index (χ1n) is 6.79. The second kappa shape index (κ2) is 6.39. The van der Waals surface area contributed by atoms with Crippen LogP contribution in [0.25, 0.3) is 0 Å². The van der Waals surface area contributed by atoms with Gasteiger partial charge in [0.2, 0.25) is 0 Å². The van der Waals surface area contributed by atoms with Crippen molar-refractivity contribution in [1.82, 2.24) is 5.32 Å². The van der Waals surface area contributed by atoms with Crippen molar-refractivity contribution in [2.75, 3.05) is 13.7 Å². The second-order valence-electron chi connectivity index (χ2n) is 5.94. The molecule has 0 aromatic rings. The van der Waals surface area contributed by atoms with E-state index in [9.17, 15) is 4.79 Å². The normalized spacial score (nSPS) is 20.0. The van der Waals surface area contributed by atoms with Crippen LogP contribution in [0.3, 0.4) is 0 Å². The average Bonchev–Trinajstić information content (AvgIpc) is 2.36. The summed E-state index contributed by atoms with van der Waals surface area (Å²) in [5, 5.41) is 3.51. The van der Waals surface area contributed by atoms with E-state index in [1.807, 2.05) is 13.8 Å². The second-order valence-corrected chi connectivity index (χ2v) is 5.94. The van der Waals surface area contributed by atoms with E-state index in [1.54, 1.807) is 0 Å². The van der Waals surface area contributed by atoms with Gasteiger partial charge >= 0.3 is 5.97 Å². The maximum Gasteiger partial charge on any atom is 0.312 e. The van der Waals surface area contributed by atoms with Crippen molar-refractivity contribution in [1.29, 1.82) is 0 Å². The van der Waals surface area contributed by atoms with Crippen LogP contribution < -0.4 is 5.32 Å². The predicted octanol–water partition coefficient (Wildman–Crippen LogP) is 2.74. The van der Waals surface area contributed by atoms with Gasteiger partial charge in [-0.2, -0.15) is 0 Å². The molecule has 1 rings (SSSR count). The topological polar surface area (TPSA) is 38.3 Å². The molecule has 0 radical (unpaired) electrons. The first-order valence-corrected chi connectivity index (χ1v) is 6.79. The van der Waals surface area contributed by atoms with Crippen LogP contribution in [0.5, 0.6) is 0 Å². The summed E-state index contributed by atoms with van der Waals surface area (Å²) in [4.78, 5) is 11.6. The van der Waals surface area contributed by atoms with E-state index in [0.717, 1.165) is 5.92 Å². The Balaban J connectivity index is 2.36. The van der Waals surface area contributed by atoms with Crippen LogP contribution in [0.15, 0.2) is 0 Å². The van der Waals surface area contributed by atoms with Gasteiger partial charge in [-0.05, 0) is 39.5 Å². The largest absolute Gasteiger partial charge is 0.469 e. The van der Waals surface area contributed by atoms with Crippen LogP contribution in [-0.2, 0) is 9.53 Å². The smallest absolute Gasteiger partial charge is 0.312 e. The van der Waals surface area contributed by atoms with Gasteiger partial charge in [0.15, 0.2) is 0 Å². The zero-order valence-corrected chi connectivity index (χ0v) is 11.7. The van der Waals surface area contributed by atoms with E-state index in [-0.39, 0.29) is 5.97 Å². The van der Waals surface area contributed by atoms with E-state index in [0.29, 0.717) is 12.6 Å². The Morgan fingerprint density at radius 2 is 1.94 bits per heavy atom. The molecule has 1 aliphatic rings. The van der Waals surface area contributed by atoms with Crippen molar-refractivity contribution in [3.05, 3.63) is 0 Å². The van der Waals surface area contributed by atoms with E-state index < -0.39 is 5.41 Å². The van der Waals surface area contributed by atoms with Crippen LogP contribution in [0.2, 0.25) is 0 Å². The van der Waals surface area contributed by atoms with Gasteiger partial charge in [-0.15, -0.1) is 0 Å². The molecule has 0 aliphatic heterocycles. The Morgan fingerprint density at radius 3 is 2.47 bits per heavy atom. The Hall–Kier alpha value is -0.570. The molecule has 1 N–H and O–H groups in total. The summed E-state index contributed by atoms with van der Waals surface area (Å²) in [7, 11) is 1.45. The van der Waals surface area contributed by atoms with Crippen LogP contribution >= 0.6 is 0 Å². The molecule has 0 aromatic carbocycles. The standard InChI is InChI=1S/C14H27NO2/c1-11(12-8-6-5-7-9-12)15-10-14(2,3)13(16)17-4/h11-12,15H,5-10H2,1-4H3. The number of carbonyl (C=O) groups excluding carboxylic acids is 1. The zero-order chi connectivity index (χ0) is 12.9. The highest BCUT2D eigenvalue weighted by Gasteiger charge is 2.30. The minimum atomic E-state index is -0.433. The lowest BCUT2D eigenvalue weighted by Gasteiger charge is -2.31. The summed E-state index contributed by atoms with van der Waals surface area (Å²) >= 11 is 0.